The maximum absolute atomic E-state index is 12.7. The lowest BCUT2D eigenvalue weighted by Gasteiger charge is -2.23. The van der Waals surface area contributed by atoms with Crippen LogP contribution in [0.3, 0.4) is 0 Å². The highest BCUT2D eigenvalue weighted by Crippen LogP contribution is 2.36. The van der Waals surface area contributed by atoms with E-state index in [1.165, 1.54) is 0 Å². The van der Waals surface area contributed by atoms with E-state index in [0.29, 0.717) is 13.2 Å². The summed E-state index contributed by atoms with van der Waals surface area (Å²) >= 11 is 0. The van der Waals surface area contributed by atoms with Gasteiger partial charge in [-0.15, -0.1) is 0 Å². The lowest BCUT2D eigenvalue weighted by Crippen LogP contribution is -2.36. The van der Waals surface area contributed by atoms with Crippen LogP contribution in [0.5, 0.6) is 0 Å². The third-order valence-electron chi connectivity index (χ3n) is 4.44. The molecule has 3 rings (SSSR count). The Morgan fingerprint density at radius 3 is 2.76 bits per heavy atom. The third kappa shape index (κ3) is 2.80. The summed E-state index contributed by atoms with van der Waals surface area (Å²) in [5.74, 6) is 0.0740. The molecule has 21 heavy (non-hydrogen) atoms. The number of pyridine rings is 1. The number of nitrogens with zero attached hydrogens (tertiary/aromatic N) is 2. The van der Waals surface area contributed by atoms with Gasteiger partial charge in [-0.05, 0) is 32.4 Å². The second-order valence-corrected chi connectivity index (χ2v) is 6.17. The van der Waals surface area contributed by atoms with Gasteiger partial charge in [0.1, 0.15) is 0 Å². The fourth-order valence-electron chi connectivity index (χ4n) is 3.40. The number of rotatable bonds is 2. The molecule has 0 aromatic carbocycles. The van der Waals surface area contributed by atoms with E-state index in [0.717, 1.165) is 36.3 Å². The Labute approximate surface area is 125 Å². The molecule has 0 bridgehead atoms. The van der Waals surface area contributed by atoms with E-state index in [-0.39, 0.29) is 17.6 Å². The molecule has 5 nitrogen and oxygen atoms in total. The van der Waals surface area contributed by atoms with Crippen LogP contribution in [0, 0.1) is 13.8 Å². The van der Waals surface area contributed by atoms with Gasteiger partial charge in [-0.2, -0.15) is 0 Å². The number of carbonyl (C=O) groups excluding carboxylic acids is 1. The summed E-state index contributed by atoms with van der Waals surface area (Å²) in [7, 11) is 1.72. The predicted octanol–water partition coefficient (Wildman–Crippen LogP) is 1.72. The first-order valence-electron chi connectivity index (χ1n) is 7.43. The van der Waals surface area contributed by atoms with Gasteiger partial charge in [-0.25, -0.2) is 0 Å². The smallest absolute Gasteiger partial charge is 0.254 e. The minimum Gasteiger partial charge on any atom is -0.379 e. The van der Waals surface area contributed by atoms with Crippen LogP contribution >= 0.6 is 0 Å². The van der Waals surface area contributed by atoms with E-state index in [9.17, 15) is 4.79 Å². The van der Waals surface area contributed by atoms with Crippen LogP contribution in [0.1, 0.15) is 34.6 Å². The van der Waals surface area contributed by atoms with Crippen LogP contribution in [0.2, 0.25) is 0 Å². The quantitative estimate of drug-likeness (QED) is 0.832. The molecule has 0 aliphatic carbocycles. The van der Waals surface area contributed by atoms with E-state index >= 15 is 0 Å². The average molecular weight is 290 g/mol. The number of hydrogen-bond donors (Lipinski definition) is 0. The first-order chi connectivity index (χ1) is 10.0. The summed E-state index contributed by atoms with van der Waals surface area (Å²) < 4.78 is 11.3. The maximum atomic E-state index is 12.7. The molecule has 114 valence electrons. The molecule has 3 heterocycles. The summed E-state index contributed by atoms with van der Waals surface area (Å²) in [6.07, 6.45) is 1.93. The molecule has 0 N–H and O–H groups in total. The Bertz CT molecular complexity index is 540. The summed E-state index contributed by atoms with van der Waals surface area (Å²) in [5, 5.41) is 0. The van der Waals surface area contributed by atoms with Crippen molar-refractivity contribution in [3.05, 3.63) is 29.1 Å². The van der Waals surface area contributed by atoms with Gasteiger partial charge in [0, 0.05) is 37.0 Å². The van der Waals surface area contributed by atoms with E-state index < -0.39 is 0 Å². The molecule has 1 aromatic rings. The van der Waals surface area contributed by atoms with Crippen molar-refractivity contribution in [2.24, 2.45) is 0 Å². The summed E-state index contributed by atoms with van der Waals surface area (Å²) in [4.78, 5) is 18.9. The van der Waals surface area contributed by atoms with Gasteiger partial charge < -0.3 is 14.4 Å². The Hall–Kier alpha value is -1.46. The topological polar surface area (TPSA) is 51.7 Å². The predicted molar refractivity (Wildman–Crippen MR) is 78.3 cm³/mol. The standard InChI is InChI=1S/C16H22N2O3/c1-11-6-13(7-12(2)17-11)15(19)18-5-4-16(10-18)8-14(20-3)9-21-16/h6-7,14H,4-5,8-10H2,1-3H3/t14-,16-/m0/s1. The largest absolute Gasteiger partial charge is 0.379 e. The van der Waals surface area contributed by atoms with Crippen molar-refractivity contribution < 1.29 is 14.3 Å². The first kappa shape index (κ1) is 14.5. The van der Waals surface area contributed by atoms with Crippen LogP contribution in [-0.2, 0) is 9.47 Å². The molecular formula is C16H22N2O3. The molecule has 2 saturated heterocycles. The molecule has 5 heteroatoms. The van der Waals surface area contributed by atoms with Gasteiger partial charge in [-0.1, -0.05) is 0 Å². The molecule has 0 radical (unpaired) electrons. The molecule has 1 spiro atoms. The van der Waals surface area contributed by atoms with Gasteiger partial charge in [0.05, 0.1) is 24.9 Å². The zero-order valence-corrected chi connectivity index (χ0v) is 12.9. The van der Waals surface area contributed by atoms with Crippen LogP contribution < -0.4 is 0 Å². The summed E-state index contributed by atoms with van der Waals surface area (Å²) in [6, 6.07) is 3.71. The minimum absolute atomic E-state index is 0.0740. The average Bonchev–Trinajstić information content (AvgIpc) is 3.04. The summed E-state index contributed by atoms with van der Waals surface area (Å²) in [6.45, 7) is 5.87. The molecule has 2 atom stereocenters. The molecule has 1 amide bonds. The number of aromatic nitrogens is 1. The van der Waals surface area contributed by atoms with Gasteiger partial charge in [0.15, 0.2) is 0 Å². The number of methoxy groups -OCH3 is 1. The number of ether oxygens (including phenoxy) is 2. The van der Waals surface area contributed by atoms with Crippen molar-refractivity contribution in [1.82, 2.24) is 9.88 Å². The van der Waals surface area contributed by atoms with Crippen LogP contribution in [0.25, 0.3) is 0 Å². The highest BCUT2D eigenvalue weighted by atomic mass is 16.6. The zero-order valence-electron chi connectivity index (χ0n) is 12.9. The van der Waals surface area contributed by atoms with Gasteiger partial charge >= 0.3 is 0 Å². The van der Waals surface area contributed by atoms with Crippen molar-refractivity contribution in [2.45, 2.75) is 38.4 Å². The maximum Gasteiger partial charge on any atom is 0.254 e. The fraction of sp³-hybridized carbons (Fsp3) is 0.625. The van der Waals surface area contributed by atoms with Crippen LogP contribution in [0.15, 0.2) is 12.1 Å². The number of amides is 1. The zero-order chi connectivity index (χ0) is 15.0. The van der Waals surface area contributed by atoms with E-state index in [1.807, 2.05) is 30.9 Å². The van der Waals surface area contributed by atoms with Gasteiger partial charge in [0.25, 0.3) is 5.91 Å². The second kappa shape index (κ2) is 5.39. The van der Waals surface area contributed by atoms with Gasteiger partial charge in [0.2, 0.25) is 0 Å². The highest BCUT2D eigenvalue weighted by Gasteiger charge is 2.46. The molecule has 2 aliphatic rings. The molecule has 0 unspecified atom stereocenters. The lowest BCUT2D eigenvalue weighted by atomic mass is 9.98. The number of carbonyl (C=O) groups is 1. The van der Waals surface area contributed by atoms with Crippen molar-refractivity contribution in [3.63, 3.8) is 0 Å². The van der Waals surface area contributed by atoms with Crippen molar-refractivity contribution in [3.8, 4) is 0 Å². The number of aryl methyl sites for hydroxylation is 2. The van der Waals surface area contributed by atoms with Crippen molar-refractivity contribution >= 4 is 5.91 Å². The Morgan fingerprint density at radius 1 is 1.43 bits per heavy atom. The van der Waals surface area contributed by atoms with E-state index in [4.69, 9.17) is 9.47 Å². The monoisotopic (exact) mass is 290 g/mol. The molecular weight excluding hydrogens is 268 g/mol. The van der Waals surface area contributed by atoms with Crippen molar-refractivity contribution in [1.29, 1.82) is 0 Å². The third-order valence-corrected chi connectivity index (χ3v) is 4.44. The summed E-state index contributed by atoms with van der Waals surface area (Å²) in [5.41, 5.74) is 2.28. The molecule has 2 fully saturated rings. The molecule has 2 aliphatic heterocycles. The molecule has 1 aromatic heterocycles. The Morgan fingerprint density at radius 2 is 2.14 bits per heavy atom. The normalized spacial score (nSPS) is 28.5. The van der Waals surface area contributed by atoms with E-state index in [1.54, 1.807) is 7.11 Å². The van der Waals surface area contributed by atoms with Crippen molar-refractivity contribution in [2.75, 3.05) is 26.8 Å². The van der Waals surface area contributed by atoms with E-state index in [2.05, 4.69) is 4.98 Å². The molecule has 0 saturated carbocycles. The lowest BCUT2D eigenvalue weighted by molar-refractivity contribution is 0.00702. The second-order valence-electron chi connectivity index (χ2n) is 6.17. The van der Waals surface area contributed by atoms with Crippen LogP contribution in [-0.4, -0.2) is 54.3 Å². The number of likely N-dealkylation sites (tertiary alicyclic amines) is 1. The number of hydrogen-bond acceptors (Lipinski definition) is 4. The Kier molecular flexibility index (Phi) is 3.71. The fourth-order valence-corrected chi connectivity index (χ4v) is 3.40. The minimum atomic E-state index is -0.201. The SMILES string of the molecule is CO[C@@H]1CO[C@@]2(CCN(C(=O)c3cc(C)nc(C)c3)C2)C1. The first-order valence-corrected chi connectivity index (χ1v) is 7.43. The Balaban J connectivity index is 1.73. The highest BCUT2D eigenvalue weighted by molar-refractivity contribution is 5.94. The van der Waals surface area contributed by atoms with Crippen LogP contribution in [0.4, 0.5) is 0 Å². The van der Waals surface area contributed by atoms with Gasteiger partial charge in [-0.3, -0.25) is 9.78 Å².